The van der Waals surface area contributed by atoms with E-state index in [2.05, 4.69) is 29.0 Å². The van der Waals surface area contributed by atoms with Crippen molar-refractivity contribution in [3.8, 4) is 0 Å². The van der Waals surface area contributed by atoms with Crippen LogP contribution in [0.5, 0.6) is 0 Å². The Kier molecular flexibility index (Phi) is 5.71. The molecule has 0 bridgehead atoms. The van der Waals surface area contributed by atoms with Crippen LogP contribution in [-0.4, -0.2) is 48.5 Å². The fourth-order valence-electron chi connectivity index (χ4n) is 2.94. The number of amides is 1. The van der Waals surface area contributed by atoms with E-state index < -0.39 is 0 Å². The summed E-state index contributed by atoms with van der Waals surface area (Å²) in [6, 6.07) is 10.2. The molecule has 3 rings (SSSR count). The topological polar surface area (TPSA) is 48.5 Å². The van der Waals surface area contributed by atoms with Crippen LogP contribution in [0.3, 0.4) is 0 Å². The summed E-state index contributed by atoms with van der Waals surface area (Å²) in [5.74, 6) is 1.10. The quantitative estimate of drug-likeness (QED) is 0.893. The largest absolute Gasteiger partial charge is 0.370 e. The van der Waals surface area contributed by atoms with Gasteiger partial charge in [0.15, 0.2) is 0 Å². The summed E-state index contributed by atoms with van der Waals surface area (Å²) in [4.78, 5) is 21.0. The van der Waals surface area contributed by atoms with Crippen LogP contribution in [0.25, 0.3) is 0 Å². The average Bonchev–Trinajstić information content (AvgIpc) is 2.67. The Bertz CT molecular complexity index is 722. The van der Waals surface area contributed by atoms with E-state index >= 15 is 0 Å². The molecule has 1 saturated heterocycles. The van der Waals surface area contributed by atoms with E-state index in [0.29, 0.717) is 24.6 Å². The molecule has 2 aromatic rings. The standard InChI is InChI=1S/C20H25FN4O/c1-15(2)13-22-19-8-3-16(14-23-19)20(26)25-11-9-24(10-12-25)18-6-4-17(21)5-7-18/h3-8,14-15H,9-13H2,1-2H3,(H,22,23). The van der Waals surface area contributed by atoms with E-state index in [-0.39, 0.29) is 11.7 Å². The number of aromatic nitrogens is 1. The maximum Gasteiger partial charge on any atom is 0.255 e. The molecule has 0 saturated carbocycles. The summed E-state index contributed by atoms with van der Waals surface area (Å²) >= 11 is 0. The summed E-state index contributed by atoms with van der Waals surface area (Å²) in [7, 11) is 0. The van der Waals surface area contributed by atoms with E-state index in [0.717, 1.165) is 31.1 Å². The number of carbonyl (C=O) groups is 1. The molecule has 0 spiro atoms. The molecular formula is C20H25FN4O. The van der Waals surface area contributed by atoms with Crippen LogP contribution >= 0.6 is 0 Å². The smallest absolute Gasteiger partial charge is 0.255 e. The van der Waals surface area contributed by atoms with Gasteiger partial charge in [0.05, 0.1) is 5.56 Å². The SMILES string of the molecule is CC(C)CNc1ccc(C(=O)N2CCN(c3ccc(F)cc3)CC2)cn1. The van der Waals surface area contributed by atoms with E-state index in [4.69, 9.17) is 0 Å². The van der Waals surface area contributed by atoms with Crippen molar-refractivity contribution < 1.29 is 9.18 Å². The first-order valence-electron chi connectivity index (χ1n) is 9.02. The van der Waals surface area contributed by atoms with Crippen LogP contribution in [0.15, 0.2) is 42.6 Å². The number of nitrogens with zero attached hydrogens (tertiary/aromatic N) is 3. The van der Waals surface area contributed by atoms with Gasteiger partial charge in [-0.3, -0.25) is 4.79 Å². The van der Waals surface area contributed by atoms with Crippen molar-refractivity contribution in [1.82, 2.24) is 9.88 Å². The first kappa shape index (κ1) is 18.2. The summed E-state index contributed by atoms with van der Waals surface area (Å²) < 4.78 is 13.0. The Hall–Kier alpha value is -2.63. The van der Waals surface area contributed by atoms with Crippen LogP contribution in [0.4, 0.5) is 15.9 Å². The van der Waals surface area contributed by atoms with Crippen molar-refractivity contribution >= 4 is 17.4 Å². The van der Waals surface area contributed by atoms with E-state index in [1.807, 2.05) is 17.0 Å². The minimum absolute atomic E-state index is 0.00617. The molecule has 1 amide bonds. The Morgan fingerprint density at radius 2 is 1.81 bits per heavy atom. The van der Waals surface area contributed by atoms with Crippen molar-refractivity contribution in [2.24, 2.45) is 5.92 Å². The molecule has 138 valence electrons. The molecule has 1 fully saturated rings. The van der Waals surface area contributed by atoms with Gasteiger partial charge in [-0.05, 0) is 42.3 Å². The zero-order valence-corrected chi connectivity index (χ0v) is 15.3. The molecule has 1 aliphatic heterocycles. The minimum Gasteiger partial charge on any atom is -0.370 e. The van der Waals surface area contributed by atoms with Crippen molar-refractivity contribution in [3.63, 3.8) is 0 Å². The van der Waals surface area contributed by atoms with E-state index in [1.165, 1.54) is 12.1 Å². The number of piperazine rings is 1. The molecule has 0 atom stereocenters. The van der Waals surface area contributed by atoms with Crippen molar-refractivity contribution in [2.75, 3.05) is 42.9 Å². The Morgan fingerprint density at radius 1 is 1.12 bits per heavy atom. The Balaban J connectivity index is 1.55. The number of halogens is 1. The van der Waals surface area contributed by atoms with Gasteiger partial charge in [-0.2, -0.15) is 0 Å². The van der Waals surface area contributed by atoms with Crippen LogP contribution in [0, 0.1) is 11.7 Å². The molecule has 1 aromatic heterocycles. The van der Waals surface area contributed by atoms with Gasteiger partial charge < -0.3 is 15.1 Å². The second kappa shape index (κ2) is 8.17. The normalized spacial score (nSPS) is 14.6. The molecule has 0 aliphatic carbocycles. The lowest BCUT2D eigenvalue weighted by molar-refractivity contribution is 0.0746. The van der Waals surface area contributed by atoms with Crippen LogP contribution < -0.4 is 10.2 Å². The molecule has 6 heteroatoms. The highest BCUT2D eigenvalue weighted by atomic mass is 19.1. The maximum absolute atomic E-state index is 13.0. The monoisotopic (exact) mass is 356 g/mol. The molecule has 0 unspecified atom stereocenters. The second-order valence-electron chi connectivity index (χ2n) is 6.96. The van der Waals surface area contributed by atoms with Gasteiger partial charge in [-0.1, -0.05) is 13.8 Å². The zero-order chi connectivity index (χ0) is 18.5. The fourth-order valence-corrected chi connectivity index (χ4v) is 2.94. The number of benzene rings is 1. The zero-order valence-electron chi connectivity index (χ0n) is 15.3. The van der Waals surface area contributed by atoms with Crippen molar-refractivity contribution in [1.29, 1.82) is 0 Å². The predicted octanol–water partition coefficient (Wildman–Crippen LogP) is 3.25. The lowest BCUT2D eigenvalue weighted by Gasteiger charge is -2.36. The first-order valence-corrected chi connectivity index (χ1v) is 9.02. The first-order chi connectivity index (χ1) is 12.5. The molecule has 1 aliphatic rings. The molecule has 1 N–H and O–H groups in total. The van der Waals surface area contributed by atoms with Crippen molar-refractivity contribution in [2.45, 2.75) is 13.8 Å². The van der Waals surface area contributed by atoms with E-state index in [1.54, 1.807) is 18.3 Å². The number of pyridine rings is 1. The van der Waals surface area contributed by atoms with Gasteiger partial charge in [-0.15, -0.1) is 0 Å². The van der Waals surface area contributed by atoms with Gasteiger partial charge in [0.1, 0.15) is 11.6 Å². The Morgan fingerprint density at radius 3 is 2.38 bits per heavy atom. The van der Waals surface area contributed by atoms with Crippen LogP contribution in [-0.2, 0) is 0 Å². The third-order valence-corrected chi connectivity index (χ3v) is 4.46. The number of hydrogen-bond donors (Lipinski definition) is 1. The van der Waals surface area contributed by atoms with Gasteiger partial charge in [0.25, 0.3) is 5.91 Å². The third kappa shape index (κ3) is 4.50. The molecular weight excluding hydrogens is 331 g/mol. The second-order valence-corrected chi connectivity index (χ2v) is 6.96. The minimum atomic E-state index is -0.235. The summed E-state index contributed by atoms with van der Waals surface area (Å²) in [5.41, 5.74) is 1.59. The van der Waals surface area contributed by atoms with Gasteiger partial charge in [0.2, 0.25) is 0 Å². The van der Waals surface area contributed by atoms with Crippen molar-refractivity contribution in [3.05, 3.63) is 54.0 Å². The number of nitrogens with one attached hydrogen (secondary N) is 1. The summed E-state index contributed by atoms with van der Waals surface area (Å²) in [6.07, 6.45) is 1.64. The average molecular weight is 356 g/mol. The predicted molar refractivity (Wildman–Crippen MR) is 102 cm³/mol. The molecule has 26 heavy (non-hydrogen) atoms. The highest BCUT2D eigenvalue weighted by molar-refractivity contribution is 5.94. The lowest BCUT2D eigenvalue weighted by Crippen LogP contribution is -2.48. The molecule has 5 nitrogen and oxygen atoms in total. The number of carbonyl (C=O) groups excluding carboxylic acids is 1. The third-order valence-electron chi connectivity index (χ3n) is 4.46. The maximum atomic E-state index is 13.0. The molecule has 0 radical (unpaired) electrons. The molecule has 1 aromatic carbocycles. The lowest BCUT2D eigenvalue weighted by atomic mass is 10.2. The highest BCUT2D eigenvalue weighted by Crippen LogP contribution is 2.18. The Labute approximate surface area is 153 Å². The number of hydrogen-bond acceptors (Lipinski definition) is 4. The van der Waals surface area contributed by atoms with Crippen LogP contribution in [0.1, 0.15) is 24.2 Å². The van der Waals surface area contributed by atoms with Gasteiger partial charge in [0, 0.05) is 44.6 Å². The fraction of sp³-hybridized carbons (Fsp3) is 0.400. The van der Waals surface area contributed by atoms with Gasteiger partial charge >= 0.3 is 0 Å². The summed E-state index contributed by atoms with van der Waals surface area (Å²) in [5, 5.41) is 3.25. The van der Waals surface area contributed by atoms with Gasteiger partial charge in [-0.25, -0.2) is 9.37 Å². The molecule has 2 heterocycles. The number of anilines is 2. The van der Waals surface area contributed by atoms with E-state index in [9.17, 15) is 9.18 Å². The highest BCUT2D eigenvalue weighted by Gasteiger charge is 2.22. The summed E-state index contributed by atoms with van der Waals surface area (Å²) in [6.45, 7) is 7.88. The van der Waals surface area contributed by atoms with Crippen LogP contribution in [0.2, 0.25) is 0 Å². The number of rotatable bonds is 5.